The van der Waals surface area contributed by atoms with Crippen molar-refractivity contribution in [3.05, 3.63) is 80.9 Å². The summed E-state index contributed by atoms with van der Waals surface area (Å²) in [6.45, 7) is 5.69. The molecule has 2 amide bonds. The van der Waals surface area contributed by atoms with E-state index in [1.54, 1.807) is 11.0 Å². The third-order valence-electron chi connectivity index (χ3n) is 5.88. The minimum atomic E-state index is -0.378. The van der Waals surface area contributed by atoms with Crippen molar-refractivity contribution in [2.45, 2.75) is 40.0 Å². The average molecular weight is 457 g/mol. The quantitative estimate of drug-likeness (QED) is 0.578. The molecule has 32 heavy (non-hydrogen) atoms. The van der Waals surface area contributed by atoms with E-state index in [0.717, 1.165) is 34.6 Å². The minimum absolute atomic E-state index is 0.132. The number of carbonyl (C=O) groups excluding carboxylic acids is 1. The summed E-state index contributed by atoms with van der Waals surface area (Å²) < 4.78 is 20.9. The van der Waals surface area contributed by atoms with Gasteiger partial charge in [-0.25, -0.2) is 9.18 Å². The standard InChI is InChI=1S/C24H26ClFN4O2/c1-15-4-7-19(10-16(15)2)27-24(31)30-9-8-23-20(12-30)22(28-29(23)3)14-32-13-17-5-6-18(26)11-21(17)25/h4-7,10-11H,8-9,12-14H2,1-3H3,(H,27,31). The van der Waals surface area contributed by atoms with Gasteiger partial charge in [0, 0.05) is 42.0 Å². The van der Waals surface area contributed by atoms with E-state index in [-0.39, 0.29) is 25.1 Å². The first-order valence-corrected chi connectivity index (χ1v) is 10.9. The van der Waals surface area contributed by atoms with Crippen molar-refractivity contribution in [2.24, 2.45) is 7.05 Å². The van der Waals surface area contributed by atoms with Gasteiger partial charge in [0.25, 0.3) is 0 Å². The predicted molar refractivity (Wildman–Crippen MR) is 122 cm³/mol. The molecule has 0 atom stereocenters. The van der Waals surface area contributed by atoms with Gasteiger partial charge < -0.3 is 15.0 Å². The lowest BCUT2D eigenvalue weighted by molar-refractivity contribution is 0.103. The number of nitrogens with one attached hydrogen (secondary N) is 1. The van der Waals surface area contributed by atoms with Gasteiger partial charge in [0.05, 0.1) is 25.5 Å². The molecule has 168 valence electrons. The number of aryl methyl sites for hydroxylation is 3. The summed E-state index contributed by atoms with van der Waals surface area (Å²) in [5.41, 5.74) is 6.74. The van der Waals surface area contributed by atoms with Crippen molar-refractivity contribution in [1.82, 2.24) is 14.7 Å². The molecule has 0 saturated heterocycles. The molecule has 4 rings (SSSR count). The molecule has 0 radical (unpaired) electrons. The van der Waals surface area contributed by atoms with Gasteiger partial charge in [-0.3, -0.25) is 4.68 Å². The fourth-order valence-corrected chi connectivity index (χ4v) is 4.10. The monoisotopic (exact) mass is 456 g/mol. The van der Waals surface area contributed by atoms with Crippen LogP contribution in [0.25, 0.3) is 0 Å². The summed E-state index contributed by atoms with van der Waals surface area (Å²) in [4.78, 5) is 14.7. The fraction of sp³-hybridized carbons (Fsp3) is 0.333. The molecule has 0 saturated carbocycles. The van der Waals surface area contributed by atoms with E-state index in [0.29, 0.717) is 23.7 Å². The van der Waals surface area contributed by atoms with Crippen molar-refractivity contribution in [3.8, 4) is 0 Å². The fourth-order valence-electron chi connectivity index (χ4n) is 3.88. The molecule has 2 aromatic carbocycles. The summed E-state index contributed by atoms with van der Waals surface area (Å²) >= 11 is 6.08. The first-order chi connectivity index (χ1) is 15.3. The molecule has 0 unspecified atom stereocenters. The van der Waals surface area contributed by atoms with Gasteiger partial charge in [-0.15, -0.1) is 0 Å². The van der Waals surface area contributed by atoms with Gasteiger partial charge in [-0.2, -0.15) is 5.10 Å². The van der Waals surface area contributed by atoms with Crippen LogP contribution in [0.15, 0.2) is 36.4 Å². The van der Waals surface area contributed by atoms with Gasteiger partial charge in [0.15, 0.2) is 0 Å². The second-order valence-corrected chi connectivity index (χ2v) is 8.53. The number of aromatic nitrogens is 2. The summed E-state index contributed by atoms with van der Waals surface area (Å²) in [5, 5.41) is 7.93. The highest BCUT2D eigenvalue weighted by atomic mass is 35.5. The highest BCUT2D eigenvalue weighted by Crippen LogP contribution is 2.25. The summed E-state index contributed by atoms with van der Waals surface area (Å²) in [7, 11) is 1.91. The third kappa shape index (κ3) is 4.79. The Balaban J connectivity index is 1.42. The molecule has 0 aliphatic carbocycles. The van der Waals surface area contributed by atoms with Crippen LogP contribution in [0.5, 0.6) is 0 Å². The van der Waals surface area contributed by atoms with Crippen molar-refractivity contribution in [2.75, 3.05) is 11.9 Å². The van der Waals surface area contributed by atoms with E-state index in [1.807, 2.05) is 43.8 Å². The van der Waals surface area contributed by atoms with Crippen LogP contribution >= 0.6 is 11.6 Å². The molecular formula is C24H26ClFN4O2. The Hall–Kier alpha value is -2.90. The van der Waals surface area contributed by atoms with Gasteiger partial charge in [-0.05, 0) is 54.8 Å². The molecule has 3 aromatic rings. The average Bonchev–Trinajstić information content (AvgIpc) is 3.07. The molecule has 0 fully saturated rings. The number of urea groups is 1. The Morgan fingerprint density at radius 2 is 2.00 bits per heavy atom. The Morgan fingerprint density at radius 1 is 1.19 bits per heavy atom. The topological polar surface area (TPSA) is 59.4 Å². The van der Waals surface area contributed by atoms with E-state index in [2.05, 4.69) is 10.4 Å². The normalized spacial score (nSPS) is 13.2. The van der Waals surface area contributed by atoms with Crippen molar-refractivity contribution in [3.63, 3.8) is 0 Å². The molecule has 1 aliphatic heterocycles. The number of benzene rings is 2. The zero-order valence-corrected chi connectivity index (χ0v) is 19.2. The van der Waals surface area contributed by atoms with Crippen LogP contribution < -0.4 is 5.32 Å². The summed E-state index contributed by atoms with van der Waals surface area (Å²) in [5.74, 6) is -0.378. The number of rotatable bonds is 5. The van der Waals surface area contributed by atoms with Crippen LogP contribution in [-0.2, 0) is 38.0 Å². The molecule has 1 aromatic heterocycles. The zero-order valence-electron chi connectivity index (χ0n) is 18.4. The second kappa shape index (κ2) is 9.30. The maximum atomic E-state index is 13.2. The van der Waals surface area contributed by atoms with Crippen molar-refractivity contribution >= 4 is 23.3 Å². The maximum Gasteiger partial charge on any atom is 0.322 e. The molecule has 0 bridgehead atoms. The highest BCUT2D eigenvalue weighted by molar-refractivity contribution is 6.31. The first-order valence-electron chi connectivity index (χ1n) is 10.5. The van der Waals surface area contributed by atoms with Crippen LogP contribution in [0.2, 0.25) is 5.02 Å². The van der Waals surface area contributed by atoms with Crippen LogP contribution in [0.4, 0.5) is 14.9 Å². The number of fused-ring (bicyclic) bond motifs is 1. The Morgan fingerprint density at radius 3 is 2.75 bits per heavy atom. The molecule has 2 heterocycles. The van der Waals surface area contributed by atoms with E-state index < -0.39 is 0 Å². The van der Waals surface area contributed by atoms with Crippen molar-refractivity contribution in [1.29, 1.82) is 0 Å². The number of anilines is 1. The molecular weight excluding hydrogens is 431 g/mol. The lowest BCUT2D eigenvalue weighted by Crippen LogP contribution is -2.39. The lowest BCUT2D eigenvalue weighted by atomic mass is 10.1. The Kier molecular flexibility index (Phi) is 6.48. The molecule has 8 heteroatoms. The Labute approximate surface area is 191 Å². The number of halogens is 2. The van der Waals surface area contributed by atoms with Gasteiger partial charge in [-0.1, -0.05) is 23.7 Å². The first kappa shape index (κ1) is 22.3. The molecule has 6 nitrogen and oxygen atoms in total. The van der Waals surface area contributed by atoms with Crippen LogP contribution in [0.3, 0.4) is 0 Å². The number of nitrogens with zero attached hydrogens (tertiary/aromatic N) is 3. The SMILES string of the molecule is Cc1ccc(NC(=O)N2CCc3c(c(COCc4ccc(F)cc4Cl)nn3C)C2)cc1C. The summed E-state index contributed by atoms with van der Waals surface area (Å²) in [6, 6.07) is 10.0. The number of hydrogen-bond donors (Lipinski definition) is 1. The van der Waals surface area contributed by atoms with Crippen LogP contribution in [0.1, 0.15) is 33.6 Å². The number of carbonyl (C=O) groups is 1. The molecule has 1 aliphatic rings. The van der Waals surface area contributed by atoms with E-state index in [1.165, 1.54) is 17.7 Å². The second-order valence-electron chi connectivity index (χ2n) is 8.12. The lowest BCUT2D eigenvalue weighted by Gasteiger charge is -2.28. The Bertz CT molecular complexity index is 1160. The van der Waals surface area contributed by atoms with Crippen LogP contribution in [-0.4, -0.2) is 27.3 Å². The van der Waals surface area contributed by atoms with E-state index >= 15 is 0 Å². The number of hydrogen-bond acceptors (Lipinski definition) is 3. The largest absolute Gasteiger partial charge is 0.370 e. The number of ether oxygens (including phenoxy) is 1. The maximum absolute atomic E-state index is 13.2. The van der Waals surface area contributed by atoms with Gasteiger partial charge >= 0.3 is 6.03 Å². The van der Waals surface area contributed by atoms with Gasteiger partial charge in [0.1, 0.15) is 5.82 Å². The minimum Gasteiger partial charge on any atom is -0.370 e. The van der Waals surface area contributed by atoms with E-state index in [4.69, 9.17) is 16.3 Å². The molecule has 1 N–H and O–H groups in total. The van der Waals surface area contributed by atoms with Crippen molar-refractivity contribution < 1.29 is 13.9 Å². The predicted octanol–water partition coefficient (Wildman–Crippen LogP) is 5.14. The van der Waals surface area contributed by atoms with Crippen LogP contribution in [0, 0.1) is 19.7 Å². The third-order valence-corrected chi connectivity index (χ3v) is 6.23. The number of amides is 2. The van der Waals surface area contributed by atoms with E-state index in [9.17, 15) is 9.18 Å². The zero-order chi connectivity index (χ0) is 22.8. The molecule has 0 spiro atoms. The highest BCUT2D eigenvalue weighted by Gasteiger charge is 2.26. The smallest absolute Gasteiger partial charge is 0.322 e. The summed E-state index contributed by atoms with van der Waals surface area (Å²) in [6.07, 6.45) is 0.725. The van der Waals surface area contributed by atoms with Gasteiger partial charge in [0.2, 0.25) is 0 Å².